The Balaban J connectivity index is 1.30. The summed E-state index contributed by atoms with van der Waals surface area (Å²) in [6.07, 6.45) is 3.82. The van der Waals surface area contributed by atoms with Crippen LogP contribution in [0.5, 0.6) is 0 Å². The third-order valence-electron chi connectivity index (χ3n) is 6.97. The number of carbonyl (C=O) groups excluding carboxylic acids is 2. The van der Waals surface area contributed by atoms with Crippen molar-refractivity contribution in [3.63, 3.8) is 0 Å². The van der Waals surface area contributed by atoms with E-state index < -0.39 is 17.9 Å². The Morgan fingerprint density at radius 3 is 2.81 bits per heavy atom. The monoisotopic (exact) mass is 370 g/mol. The summed E-state index contributed by atoms with van der Waals surface area (Å²) in [5, 5.41) is 12.5. The van der Waals surface area contributed by atoms with E-state index in [4.69, 9.17) is 5.21 Å². The second kappa shape index (κ2) is 6.21. The molecular formula is C20H26N4O3. The average Bonchev–Trinajstić information content (AvgIpc) is 3.35. The predicted octanol–water partition coefficient (Wildman–Crippen LogP) is 0.524. The zero-order valence-electron chi connectivity index (χ0n) is 15.4. The molecule has 1 aromatic carbocycles. The van der Waals surface area contributed by atoms with E-state index in [1.165, 1.54) is 11.3 Å². The van der Waals surface area contributed by atoms with E-state index in [1.807, 2.05) is 4.90 Å². The first-order chi connectivity index (χ1) is 13.1. The van der Waals surface area contributed by atoms with E-state index in [0.717, 1.165) is 32.4 Å². The summed E-state index contributed by atoms with van der Waals surface area (Å²) in [5.74, 6) is -0.953. The molecule has 4 aliphatic rings. The second-order valence-electron chi connectivity index (χ2n) is 8.61. The third kappa shape index (κ3) is 2.80. The normalized spacial score (nSPS) is 30.6. The molecule has 7 heteroatoms. The van der Waals surface area contributed by atoms with E-state index in [0.29, 0.717) is 25.6 Å². The number of carbonyl (C=O) groups is 2. The molecule has 1 aliphatic carbocycles. The molecule has 3 fully saturated rings. The molecular weight excluding hydrogens is 344 g/mol. The molecule has 0 radical (unpaired) electrons. The number of rotatable bonds is 2. The van der Waals surface area contributed by atoms with Crippen LogP contribution in [0.1, 0.15) is 24.8 Å². The van der Waals surface area contributed by atoms with Crippen molar-refractivity contribution in [2.45, 2.75) is 37.8 Å². The van der Waals surface area contributed by atoms with Crippen LogP contribution >= 0.6 is 0 Å². The topological polar surface area (TPSA) is 84.9 Å². The van der Waals surface area contributed by atoms with E-state index in [1.54, 1.807) is 5.48 Å². The number of amides is 2. The first kappa shape index (κ1) is 17.0. The van der Waals surface area contributed by atoms with Crippen LogP contribution in [0.3, 0.4) is 0 Å². The summed E-state index contributed by atoms with van der Waals surface area (Å²) < 4.78 is 0. The van der Waals surface area contributed by atoms with E-state index in [2.05, 4.69) is 34.5 Å². The van der Waals surface area contributed by atoms with Crippen molar-refractivity contribution in [2.24, 2.45) is 11.3 Å². The van der Waals surface area contributed by atoms with Crippen LogP contribution in [0.25, 0.3) is 0 Å². The Morgan fingerprint density at radius 1 is 1.22 bits per heavy atom. The minimum Gasteiger partial charge on any atom is -0.364 e. The highest BCUT2D eigenvalue weighted by molar-refractivity contribution is 5.90. The number of para-hydroxylation sites is 1. The molecule has 7 nitrogen and oxygen atoms in total. The number of anilines is 1. The van der Waals surface area contributed by atoms with E-state index in [9.17, 15) is 9.59 Å². The van der Waals surface area contributed by atoms with Gasteiger partial charge in [0.05, 0.1) is 18.0 Å². The van der Waals surface area contributed by atoms with Gasteiger partial charge in [0.25, 0.3) is 0 Å². The number of hydrogen-bond acceptors (Lipinski definition) is 5. The standard InChI is InChI=1S/C20H26N4O3/c25-18(22-27)15-10-20(5-6-20)12-21-17(15)19(26)23-7-8-24-14(11-23)9-13-3-1-2-4-16(13)24/h1-4,14-15,17,21,27H,5-12H2,(H,22,25)/t14?,15-,17-/m0/s1. The molecule has 27 heavy (non-hydrogen) atoms. The molecule has 0 aromatic heterocycles. The number of piperazine rings is 1. The van der Waals surface area contributed by atoms with Crippen molar-refractivity contribution in [1.29, 1.82) is 0 Å². The van der Waals surface area contributed by atoms with Gasteiger partial charge in [-0.1, -0.05) is 18.2 Å². The summed E-state index contributed by atoms with van der Waals surface area (Å²) in [4.78, 5) is 29.8. The Labute approximate surface area is 158 Å². The van der Waals surface area contributed by atoms with Gasteiger partial charge in [0.2, 0.25) is 11.8 Å². The lowest BCUT2D eigenvalue weighted by Crippen LogP contribution is -2.62. The van der Waals surface area contributed by atoms with Gasteiger partial charge in [0, 0.05) is 31.9 Å². The molecule has 1 saturated carbocycles. The highest BCUT2D eigenvalue weighted by Gasteiger charge is 2.53. The minimum atomic E-state index is -0.543. The first-order valence-corrected chi connectivity index (χ1v) is 9.91. The number of piperidine rings is 1. The minimum absolute atomic E-state index is 0.00490. The summed E-state index contributed by atoms with van der Waals surface area (Å²) in [5.41, 5.74) is 4.57. The molecule has 3 heterocycles. The van der Waals surface area contributed by atoms with Gasteiger partial charge in [-0.25, -0.2) is 5.48 Å². The highest BCUT2D eigenvalue weighted by atomic mass is 16.5. The van der Waals surface area contributed by atoms with Crippen molar-refractivity contribution in [1.82, 2.24) is 15.7 Å². The largest absolute Gasteiger partial charge is 0.364 e. The van der Waals surface area contributed by atoms with Crippen LogP contribution in [-0.2, 0) is 16.0 Å². The van der Waals surface area contributed by atoms with Crippen LogP contribution in [-0.4, -0.2) is 60.2 Å². The molecule has 2 amide bonds. The molecule has 3 N–H and O–H groups in total. The van der Waals surface area contributed by atoms with E-state index in [-0.39, 0.29) is 11.3 Å². The number of hydrogen-bond donors (Lipinski definition) is 3. The number of hydroxylamine groups is 1. The van der Waals surface area contributed by atoms with Gasteiger partial charge in [-0.3, -0.25) is 14.8 Å². The van der Waals surface area contributed by atoms with Gasteiger partial charge in [0.1, 0.15) is 0 Å². The molecule has 0 bridgehead atoms. The van der Waals surface area contributed by atoms with Crippen molar-refractivity contribution in [3.05, 3.63) is 29.8 Å². The van der Waals surface area contributed by atoms with Crippen LogP contribution in [0.2, 0.25) is 0 Å². The lowest BCUT2D eigenvalue weighted by molar-refractivity contribution is -0.145. The number of nitrogens with one attached hydrogen (secondary N) is 2. The van der Waals surface area contributed by atoms with Crippen molar-refractivity contribution >= 4 is 17.5 Å². The summed E-state index contributed by atoms with van der Waals surface area (Å²) in [6.45, 7) is 2.96. The fourth-order valence-electron chi connectivity index (χ4n) is 5.23. The van der Waals surface area contributed by atoms with Gasteiger partial charge >= 0.3 is 0 Å². The molecule has 144 valence electrons. The Bertz CT molecular complexity index is 778. The van der Waals surface area contributed by atoms with Gasteiger partial charge in [-0.05, 0) is 42.7 Å². The Morgan fingerprint density at radius 2 is 2.04 bits per heavy atom. The fraction of sp³-hybridized carbons (Fsp3) is 0.600. The lowest BCUT2D eigenvalue weighted by atomic mass is 9.81. The highest BCUT2D eigenvalue weighted by Crippen LogP contribution is 2.52. The van der Waals surface area contributed by atoms with Gasteiger partial charge in [0.15, 0.2) is 0 Å². The molecule has 2 saturated heterocycles. The van der Waals surface area contributed by atoms with Crippen LogP contribution in [0, 0.1) is 11.3 Å². The van der Waals surface area contributed by atoms with Gasteiger partial charge in [-0.15, -0.1) is 0 Å². The average molecular weight is 370 g/mol. The molecule has 3 atom stereocenters. The summed E-state index contributed by atoms with van der Waals surface area (Å²) in [7, 11) is 0. The molecule has 5 rings (SSSR count). The van der Waals surface area contributed by atoms with Gasteiger partial charge in [-0.2, -0.15) is 0 Å². The molecule has 3 aliphatic heterocycles. The van der Waals surface area contributed by atoms with Crippen LogP contribution in [0.4, 0.5) is 5.69 Å². The SMILES string of the molecule is O=C(NO)[C@H]1CC2(CC2)CN[C@@H]1C(=O)N1CCN2c3ccccc3CC2C1. The van der Waals surface area contributed by atoms with Crippen LogP contribution in [0.15, 0.2) is 24.3 Å². The maximum atomic E-state index is 13.3. The van der Waals surface area contributed by atoms with Crippen LogP contribution < -0.4 is 15.7 Å². The Hall–Kier alpha value is -2.12. The second-order valence-corrected chi connectivity index (χ2v) is 8.61. The third-order valence-corrected chi connectivity index (χ3v) is 6.97. The molecule has 1 spiro atoms. The fourth-order valence-corrected chi connectivity index (χ4v) is 5.23. The summed E-state index contributed by atoms with van der Waals surface area (Å²) in [6, 6.07) is 8.22. The molecule has 1 aromatic rings. The number of benzene rings is 1. The zero-order valence-corrected chi connectivity index (χ0v) is 15.4. The lowest BCUT2D eigenvalue weighted by Gasteiger charge is -2.43. The maximum absolute atomic E-state index is 13.3. The zero-order chi connectivity index (χ0) is 18.6. The predicted molar refractivity (Wildman–Crippen MR) is 99.4 cm³/mol. The number of nitrogens with zero attached hydrogens (tertiary/aromatic N) is 2. The number of fused-ring (bicyclic) bond motifs is 3. The van der Waals surface area contributed by atoms with Crippen molar-refractivity contribution in [2.75, 3.05) is 31.1 Å². The van der Waals surface area contributed by atoms with Crippen molar-refractivity contribution < 1.29 is 14.8 Å². The maximum Gasteiger partial charge on any atom is 0.248 e. The summed E-state index contributed by atoms with van der Waals surface area (Å²) >= 11 is 0. The Kier molecular flexibility index (Phi) is 3.91. The van der Waals surface area contributed by atoms with Gasteiger partial charge < -0.3 is 15.1 Å². The smallest absolute Gasteiger partial charge is 0.248 e. The van der Waals surface area contributed by atoms with E-state index >= 15 is 0 Å². The van der Waals surface area contributed by atoms with Crippen molar-refractivity contribution in [3.8, 4) is 0 Å². The molecule has 1 unspecified atom stereocenters. The quantitative estimate of drug-likeness (QED) is 0.522. The first-order valence-electron chi connectivity index (χ1n) is 9.91.